The SMILES string of the molecule is CCCCOC(=O)c1ccc2c(c1)Cc1c([nH]c(=S)[nH]c1=O)O2. The van der Waals surface area contributed by atoms with Crippen molar-refractivity contribution < 1.29 is 14.3 Å². The lowest BCUT2D eigenvalue weighted by Gasteiger charge is -2.19. The molecule has 2 N–H and O–H groups in total. The number of hydrogen-bond donors (Lipinski definition) is 2. The molecule has 0 spiro atoms. The number of nitrogens with one attached hydrogen (secondary N) is 2. The molecule has 0 amide bonds. The molecule has 6 nitrogen and oxygen atoms in total. The predicted octanol–water partition coefficient (Wildman–Crippen LogP) is 3.09. The molecule has 1 aromatic carbocycles. The van der Waals surface area contributed by atoms with E-state index in [4.69, 9.17) is 21.7 Å². The first-order chi connectivity index (χ1) is 11.1. The van der Waals surface area contributed by atoms with Crippen LogP contribution >= 0.6 is 12.2 Å². The number of aromatic amines is 2. The Kier molecular flexibility index (Phi) is 4.29. The van der Waals surface area contributed by atoms with Crippen LogP contribution in [0.2, 0.25) is 0 Å². The van der Waals surface area contributed by atoms with E-state index in [-0.39, 0.29) is 16.3 Å². The second-order valence-electron chi connectivity index (χ2n) is 5.31. The van der Waals surface area contributed by atoms with Crippen LogP contribution in [0.15, 0.2) is 23.0 Å². The van der Waals surface area contributed by atoms with Crippen LogP contribution in [0.3, 0.4) is 0 Å². The lowest BCUT2D eigenvalue weighted by molar-refractivity contribution is 0.0499. The third-order valence-electron chi connectivity index (χ3n) is 3.61. The van der Waals surface area contributed by atoms with Gasteiger partial charge < -0.3 is 14.5 Å². The average Bonchev–Trinajstić information content (AvgIpc) is 2.53. The fraction of sp³-hybridized carbons (Fsp3) is 0.312. The molecular formula is C16H16N2O4S. The Bertz CT molecular complexity index is 869. The number of fused-ring (bicyclic) bond motifs is 2. The second-order valence-corrected chi connectivity index (χ2v) is 5.71. The molecule has 0 saturated heterocycles. The number of ether oxygens (including phenoxy) is 2. The van der Waals surface area contributed by atoms with Gasteiger partial charge in [-0.15, -0.1) is 0 Å². The van der Waals surface area contributed by atoms with Crippen molar-refractivity contribution in [2.24, 2.45) is 0 Å². The fourth-order valence-corrected chi connectivity index (χ4v) is 2.56. The van der Waals surface area contributed by atoms with Crippen molar-refractivity contribution in [1.29, 1.82) is 0 Å². The minimum absolute atomic E-state index is 0.216. The van der Waals surface area contributed by atoms with Crippen molar-refractivity contribution in [2.45, 2.75) is 26.2 Å². The van der Waals surface area contributed by atoms with Gasteiger partial charge in [-0.3, -0.25) is 9.78 Å². The van der Waals surface area contributed by atoms with Gasteiger partial charge in [0.1, 0.15) is 5.75 Å². The van der Waals surface area contributed by atoms with Gasteiger partial charge in [0.25, 0.3) is 5.56 Å². The van der Waals surface area contributed by atoms with E-state index in [1.807, 2.05) is 6.92 Å². The first-order valence-corrected chi connectivity index (χ1v) is 7.82. The molecule has 0 fully saturated rings. The Labute approximate surface area is 137 Å². The second kappa shape index (κ2) is 6.37. The number of carbonyl (C=O) groups excluding carboxylic acids is 1. The van der Waals surface area contributed by atoms with Gasteiger partial charge in [-0.05, 0) is 36.8 Å². The van der Waals surface area contributed by atoms with Crippen molar-refractivity contribution in [2.75, 3.05) is 6.61 Å². The normalized spacial score (nSPS) is 12.0. The van der Waals surface area contributed by atoms with E-state index in [2.05, 4.69) is 9.97 Å². The van der Waals surface area contributed by atoms with Crippen molar-refractivity contribution >= 4 is 18.2 Å². The molecule has 0 atom stereocenters. The average molecular weight is 332 g/mol. The van der Waals surface area contributed by atoms with Gasteiger partial charge in [0, 0.05) is 12.0 Å². The van der Waals surface area contributed by atoms with Gasteiger partial charge in [0.05, 0.1) is 17.7 Å². The summed E-state index contributed by atoms with van der Waals surface area (Å²) < 4.78 is 11.1. The molecule has 2 aromatic rings. The number of esters is 1. The summed E-state index contributed by atoms with van der Waals surface area (Å²) in [5.74, 6) is 0.580. The van der Waals surface area contributed by atoms with Crippen LogP contribution in [0.5, 0.6) is 11.6 Å². The number of benzene rings is 1. The molecule has 23 heavy (non-hydrogen) atoms. The maximum Gasteiger partial charge on any atom is 0.338 e. The standard InChI is InChI=1S/C16H16N2O4S/c1-2-3-6-21-15(20)9-4-5-12-10(7-9)8-11-13(19)17-16(23)18-14(11)22-12/h4-5,7H,2-3,6,8H2,1H3,(H2,17,18,19,23). The summed E-state index contributed by atoms with van der Waals surface area (Å²) in [6, 6.07) is 5.06. The maximum absolute atomic E-state index is 12.0. The minimum Gasteiger partial charge on any atom is -0.462 e. The largest absolute Gasteiger partial charge is 0.462 e. The zero-order chi connectivity index (χ0) is 16.4. The Hall–Kier alpha value is -2.41. The third-order valence-corrected chi connectivity index (χ3v) is 3.81. The van der Waals surface area contributed by atoms with E-state index in [0.717, 1.165) is 18.4 Å². The summed E-state index contributed by atoms with van der Waals surface area (Å²) in [5, 5.41) is 0. The highest BCUT2D eigenvalue weighted by molar-refractivity contribution is 7.71. The number of rotatable bonds is 4. The van der Waals surface area contributed by atoms with Crippen LogP contribution in [0.4, 0.5) is 0 Å². The lowest BCUT2D eigenvalue weighted by Crippen LogP contribution is -2.19. The number of aromatic nitrogens is 2. The Morgan fingerprint density at radius 3 is 3.00 bits per heavy atom. The van der Waals surface area contributed by atoms with Crippen molar-refractivity contribution in [3.63, 3.8) is 0 Å². The highest BCUT2D eigenvalue weighted by Gasteiger charge is 2.22. The molecule has 0 unspecified atom stereocenters. The van der Waals surface area contributed by atoms with E-state index in [1.54, 1.807) is 18.2 Å². The first-order valence-electron chi connectivity index (χ1n) is 7.42. The molecule has 0 bridgehead atoms. The number of carbonyl (C=O) groups is 1. The van der Waals surface area contributed by atoms with Gasteiger partial charge >= 0.3 is 5.97 Å². The van der Waals surface area contributed by atoms with Crippen LogP contribution in [0.1, 0.15) is 41.3 Å². The van der Waals surface area contributed by atoms with Crippen LogP contribution in [-0.4, -0.2) is 22.5 Å². The molecule has 0 aliphatic carbocycles. The zero-order valence-corrected chi connectivity index (χ0v) is 13.4. The van der Waals surface area contributed by atoms with Crippen LogP contribution in [0.25, 0.3) is 0 Å². The highest BCUT2D eigenvalue weighted by atomic mass is 32.1. The van der Waals surface area contributed by atoms with Crippen LogP contribution in [-0.2, 0) is 11.2 Å². The number of H-pyrrole nitrogens is 2. The molecule has 120 valence electrons. The Morgan fingerprint density at radius 2 is 2.22 bits per heavy atom. The first kappa shape index (κ1) is 15.5. The molecule has 3 rings (SSSR count). The quantitative estimate of drug-likeness (QED) is 0.436. The maximum atomic E-state index is 12.0. The predicted molar refractivity (Wildman–Crippen MR) is 86.8 cm³/mol. The molecule has 1 aliphatic rings. The Morgan fingerprint density at radius 1 is 1.39 bits per heavy atom. The Balaban J connectivity index is 1.87. The van der Waals surface area contributed by atoms with Crippen molar-refractivity contribution in [3.05, 3.63) is 50.0 Å². The summed E-state index contributed by atoms with van der Waals surface area (Å²) in [6.45, 7) is 2.44. The summed E-state index contributed by atoms with van der Waals surface area (Å²) in [4.78, 5) is 29.3. The summed E-state index contributed by atoms with van der Waals surface area (Å²) in [7, 11) is 0. The van der Waals surface area contributed by atoms with E-state index < -0.39 is 0 Å². The van der Waals surface area contributed by atoms with Gasteiger partial charge in [-0.1, -0.05) is 13.3 Å². The smallest absolute Gasteiger partial charge is 0.338 e. The fourth-order valence-electron chi connectivity index (χ4n) is 2.38. The summed E-state index contributed by atoms with van der Waals surface area (Å²) >= 11 is 4.94. The van der Waals surface area contributed by atoms with Gasteiger partial charge in [-0.25, -0.2) is 4.79 Å². The zero-order valence-electron chi connectivity index (χ0n) is 12.6. The van der Waals surface area contributed by atoms with Crippen molar-refractivity contribution in [1.82, 2.24) is 9.97 Å². The van der Waals surface area contributed by atoms with Gasteiger partial charge in [0.15, 0.2) is 4.77 Å². The highest BCUT2D eigenvalue weighted by Crippen LogP contribution is 2.33. The lowest BCUT2D eigenvalue weighted by atomic mass is 10.0. The van der Waals surface area contributed by atoms with Gasteiger partial charge in [-0.2, -0.15) is 0 Å². The summed E-state index contributed by atoms with van der Waals surface area (Å²) in [6.07, 6.45) is 2.16. The molecule has 7 heteroatoms. The molecule has 1 aliphatic heterocycles. The van der Waals surface area contributed by atoms with Crippen LogP contribution < -0.4 is 10.3 Å². The van der Waals surface area contributed by atoms with E-state index in [0.29, 0.717) is 35.8 Å². The number of unbranched alkanes of at least 4 members (excludes halogenated alkanes) is 1. The van der Waals surface area contributed by atoms with E-state index in [9.17, 15) is 9.59 Å². The minimum atomic E-state index is -0.367. The molecule has 1 aromatic heterocycles. The molecule has 0 saturated carbocycles. The topological polar surface area (TPSA) is 84.2 Å². The van der Waals surface area contributed by atoms with Crippen molar-refractivity contribution in [3.8, 4) is 11.6 Å². The van der Waals surface area contributed by atoms with E-state index in [1.165, 1.54) is 0 Å². The monoisotopic (exact) mass is 332 g/mol. The molecule has 2 heterocycles. The summed E-state index contributed by atoms with van der Waals surface area (Å²) in [5.41, 5.74) is 1.39. The third kappa shape index (κ3) is 3.19. The van der Waals surface area contributed by atoms with E-state index >= 15 is 0 Å². The number of hydrogen-bond acceptors (Lipinski definition) is 5. The van der Waals surface area contributed by atoms with Crippen LogP contribution in [0, 0.1) is 4.77 Å². The molecular weight excluding hydrogens is 316 g/mol. The molecule has 0 radical (unpaired) electrons. The van der Waals surface area contributed by atoms with Gasteiger partial charge in [0.2, 0.25) is 5.88 Å².